The van der Waals surface area contributed by atoms with Gasteiger partial charge in [-0.2, -0.15) is 9.98 Å². The first kappa shape index (κ1) is 25.9. The van der Waals surface area contributed by atoms with E-state index in [4.69, 9.17) is 0 Å². The third-order valence-electron chi connectivity index (χ3n) is 7.38. The molecular formula is C24H25F2N9O2S2. The smallest absolute Gasteiger partial charge is 0.291 e. The van der Waals surface area contributed by atoms with Crippen molar-refractivity contribution in [1.29, 1.82) is 5.26 Å². The SMILES string of the molecule is CCN1CCN(c2ncnc3c2c2ccc(S(=O)(=O)NC4(C#N)CC4)cc2n3-c2nnc(C(F)F)s2)CC1C. The molecule has 6 rings (SSSR count). The van der Waals surface area contributed by atoms with Crippen LogP contribution in [0.2, 0.25) is 0 Å². The van der Waals surface area contributed by atoms with Gasteiger partial charge in [0.1, 0.15) is 17.7 Å². The van der Waals surface area contributed by atoms with Crippen LogP contribution >= 0.6 is 11.3 Å². The molecule has 2 aliphatic rings. The third-order valence-corrected chi connectivity index (χ3v) is 9.83. The molecular weight excluding hydrogens is 548 g/mol. The lowest BCUT2D eigenvalue weighted by atomic mass is 10.1. The van der Waals surface area contributed by atoms with E-state index >= 15 is 0 Å². The van der Waals surface area contributed by atoms with Gasteiger partial charge < -0.3 is 4.90 Å². The van der Waals surface area contributed by atoms with Crippen molar-refractivity contribution in [2.75, 3.05) is 31.1 Å². The summed E-state index contributed by atoms with van der Waals surface area (Å²) in [5.74, 6) is 0.681. The molecule has 1 saturated heterocycles. The number of likely N-dealkylation sites (N-methyl/N-ethyl adjacent to an activating group) is 1. The molecule has 1 atom stereocenters. The predicted molar refractivity (Wildman–Crippen MR) is 142 cm³/mol. The Morgan fingerprint density at radius 2 is 2.05 bits per heavy atom. The van der Waals surface area contributed by atoms with E-state index in [1.165, 1.54) is 18.5 Å². The van der Waals surface area contributed by atoms with Crippen LogP contribution in [0.25, 0.3) is 27.1 Å². The van der Waals surface area contributed by atoms with Crippen molar-refractivity contribution < 1.29 is 17.2 Å². The third kappa shape index (κ3) is 4.41. The predicted octanol–water partition coefficient (Wildman–Crippen LogP) is 3.23. The highest BCUT2D eigenvalue weighted by Crippen LogP contribution is 2.40. The van der Waals surface area contributed by atoms with Crippen LogP contribution in [-0.4, -0.2) is 75.8 Å². The topological polar surface area (TPSA) is 133 Å². The van der Waals surface area contributed by atoms with Crippen LogP contribution in [0.3, 0.4) is 0 Å². The van der Waals surface area contributed by atoms with Crippen molar-refractivity contribution in [2.24, 2.45) is 0 Å². The molecule has 0 spiro atoms. The summed E-state index contributed by atoms with van der Waals surface area (Å²) in [6, 6.07) is 6.92. The molecule has 1 aromatic carbocycles. The summed E-state index contributed by atoms with van der Waals surface area (Å²) in [6.07, 6.45) is -0.502. The van der Waals surface area contributed by atoms with Crippen LogP contribution in [0.1, 0.15) is 38.1 Å². The molecule has 1 aliphatic carbocycles. The molecule has 2 fully saturated rings. The van der Waals surface area contributed by atoms with Crippen LogP contribution in [0.5, 0.6) is 0 Å². The van der Waals surface area contributed by atoms with Gasteiger partial charge in [0.15, 0.2) is 10.7 Å². The number of nitrogens with one attached hydrogen (secondary N) is 1. The van der Waals surface area contributed by atoms with Gasteiger partial charge in [0.05, 0.1) is 21.9 Å². The maximum atomic E-state index is 13.4. The number of anilines is 1. The number of halogens is 2. The Kier molecular flexibility index (Phi) is 6.25. The average Bonchev–Trinajstić information content (AvgIpc) is 3.36. The van der Waals surface area contributed by atoms with Gasteiger partial charge in [0.25, 0.3) is 6.43 Å². The van der Waals surface area contributed by atoms with E-state index in [0.29, 0.717) is 51.9 Å². The number of nitrogens with zero attached hydrogens (tertiary/aromatic N) is 8. The molecule has 15 heteroatoms. The van der Waals surface area contributed by atoms with E-state index in [9.17, 15) is 22.5 Å². The van der Waals surface area contributed by atoms with Crippen molar-refractivity contribution in [3.63, 3.8) is 0 Å². The minimum absolute atomic E-state index is 0.0566. The number of nitriles is 1. The zero-order chi connectivity index (χ0) is 27.5. The number of aromatic nitrogens is 5. The molecule has 204 valence electrons. The van der Waals surface area contributed by atoms with Gasteiger partial charge in [-0.15, -0.1) is 10.2 Å². The second kappa shape index (κ2) is 9.40. The second-order valence-electron chi connectivity index (χ2n) is 9.86. The molecule has 1 unspecified atom stereocenters. The Morgan fingerprint density at radius 1 is 1.26 bits per heavy atom. The number of fused-ring (bicyclic) bond motifs is 3. The maximum Gasteiger partial charge on any atom is 0.291 e. The Labute approximate surface area is 227 Å². The summed E-state index contributed by atoms with van der Waals surface area (Å²) >= 11 is 0.712. The standard InChI is InChI=1S/C24H25F2N9O2S2/c1-3-33-8-9-34(11-14(33)2)20-18-16-5-4-15(39(36,37)32-24(12-27)6-7-24)10-17(16)35(21(18)29-13-28-20)23-31-30-22(38-23)19(25)26/h4-5,10,13-14,19,32H,3,6-9,11H2,1-2H3. The van der Waals surface area contributed by atoms with Gasteiger partial charge in [-0.25, -0.2) is 27.2 Å². The first-order chi connectivity index (χ1) is 18.7. The molecule has 0 amide bonds. The lowest BCUT2D eigenvalue weighted by Gasteiger charge is -2.40. The monoisotopic (exact) mass is 573 g/mol. The summed E-state index contributed by atoms with van der Waals surface area (Å²) in [5.41, 5.74) is -0.272. The van der Waals surface area contributed by atoms with Gasteiger partial charge in [-0.3, -0.25) is 9.47 Å². The van der Waals surface area contributed by atoms with Gasteiger partial charge in [0.2, 0.25) is 15.2 Å². The number of benzene rings is 1. The first-order valence-corrected chi connectivity index (χ1v) is 14.8. The largest absolute Gasteiger partial charge is 0.353 e. The zero-order valence-electron chi connectivity index (χ0n) is 21.2. The van der Waals surface area contributed by atoms with Crippen LogP contribution in [0, 0.1) is 11.3 Å². The summed E-state index contributed by atoms with van der Waals surface area (Å²) in [6.45, 7) is 7.54. The molecule has 11 nitrogen and oxygen atoms in total. The van der Waals surface area contributed by atoms with Gasteiger partial charge in [-0.1, -0.05) is 24.3 Å². The summed E-state index contributed by atoms with van der Waals surface area (Å²) in [7, 11) is -4.04. The zero-order valence-corrected chi connectivity index (χ0v) is 22.8. The van der Waals surface area contributed by atoms with Crippen LogP contribution in [-0.2, 0) is 10.0 Å². The second-order valence-corrected chi connectivity index (χ2v) is 12.5. The molecule has 1 saturated carbocycles. The van der Waals surface area contributed by atoms with Crippen molar-refractivity contribution >= 4 is 49.1 Å². The van der Waals surface area contributed by atoms with E-state index in [2.05, 4.69) is 48.5 Å². The Balaban J connectivity index is 1.55. The lowest BCUT2D eigenvalue weighted by molar-refractivity contribution is 0.150. The van der Waals surface area contributed by atoms with Crippen molar-refractivity contribution in [3.8, 4) is 11.2 Å². The molecule has 0 radical (unpaired) electrons. The van der Waals surface area contributed by atoms with Crippen LogP contribution in [0.15, 0.2) is 29.4 Å². The molecule has 4 heterocycles. The number of rotatable bonds is 7. The summed E-state index contributed by atoms with van der Waals surface area (Å²) < 4.78 is 57.3. The number of sulfonamides is 1. The quantitative estimate of drug-likeness (QED) is 0.354. The van der Waals surface area contributed by atoms with Gasteiger partial charge in [-0.05, 0) is 38.4 Å². The molecule has 3 aromatic heterocycles. The molecule has 39 heavy (non-hydrogen) atoms. The van der Waals surface area contributed by atoms with Crippen LogP contribution < -0.4 is 9.62 Å². The summed E-state index contributed by atoms with van der Waals surface area (Å²) in [5, 5.41) is 18.0. The molecule has 4 aromatic rings. The molecule has 0 bridgehead atoms. The minimum Gasteiger partial charge on any atom is -0.353 e. The van der Waals surface area contributed by atoms with E-state index in [1.54, 1.807) is 10.6 Å². The fraction of sp³-hybridized carbons (Fsp3) is 0.458. The highest BCUT2D eigenvalue weighted by Gasteiger charge is 2.47. The summed E-state index contributed by atoms with van der Waals surface area (Å²) in [4.78, 5) is 13.6. The van der Waals surface area contributed by atoms with Gasteiger partial charge >= 0.3 is 0 Å². The van der Waals surface area contributed by atoms with Gasteiger partial charge in [0, 0.05) is 31.1 Å². The fourth-order valence-corrected chi connectivity index (χ4v) is 7.25. The number of hydrogen-bond acceptors (Lipinski definition) is 10. The number of piperazine rings is 1. The van der Waals surface area contributed by atoms with E-state index in [1.807, 2.05) is 6.07 Å². The Bertz CT molecular complexity index is 1730. The van der Waals surface area contributed by atoms with Crippen LogP contribution in [0.4, 0.5) is 14.6 Å². The Morgan fingerprint density at radius 3 is 2.69 bits per heavy atom. The highest BCUT2D eigenvalue weighted by molar-refractivity contribution is 7.89. The van der Waals surface area contributed by atoms with E-state index in [0.717, 1.165) is 26.2 Å². The van der Waals surface area contributed by atoms with E-state index in [-0.39, 0.29) is 16.1 Å². The Hall–Kier alpha value is -3.32. The number of hydrogen-bond donors (Lipinski definition) is 1. The molecule has 1 N–H and O–H groups in total. The highest BCUT2D eigenvalue weighted by atomic mass is 32.2. The van der Waals surface area contributed by atoms with Crippen molar-refractivity contribution in [3.05, 3.63) is 29.5 Å². The van der Waals surface area contributed by atoms with Crippen molar-refractivity contribution in [1.82, 2.24) is 34.4 Å². The normalized spacial score (nSPS) is 19.7. The van der Waals surface area contributed by atoms with E-state index < -0.39 is 27.0 Å². The first-order valence-electron chi connectivity index (χ1n) is 12.5. The number of alkyl halides is 2. The molecule has 1 aliphatic heterocycles. The minimum atomic E-state index is -4.04. The lowest BCUT2D eigenvalue weighted by Crippen LogP contribution is -2.52. The maximum absolute atomic E-state index is 13.4. The fourth-order valence-electron chi connectivity index (χ4n) is 5.14. The van der Waals surface area contributed by atoms with Crippen molar-refractivity contribution in [2.45, 2.75) is 49.6 Å². The average molecular weight is 574 g/mol.